The van der Waals surface area contributed by atoms with Crippen LogP contribution in [0.15, 0.2) is 0 Å². The number of thioether (sulfide) groups is 1. The lowest BCUT2D eigenvalue weighted by atomic mass is 9.81. The van der Waals surface area contributed by atoms with E-state index in [2.05, 4.69) is 5.32 Å². The van der Waals surface area contributed by atoms with Crippen LogP contribution in [0.1, 0.15) is 38.5 Å². The van der Waals surface area contributed by atoms with Gasteiger partial charge in [-0.3, -0.25) is 4.79 Å². The molecule has 0 spiro atoms. The van der Waals surface area contributed by atoms with Gasteiger partial charge in [-0.1, -0.05) is 12.8 Å². The predicted molar refractivity (Wildman–Crippen MR) is 82.5 cm³/mol. The fourth-order valence-electron chi connectivity index (χ4n) is 4.07. The Bertz CT molecular complexity index is 425. The van der Waals surface area contributed by atoms with Gasteiger partial charge in [0.05, 0.1) is 5.41 Å². The number of carboxylic acid groups (broad SMARTS) is 1. The second-order valence-corrected chi connectivity index (χ2v) is 8.01. The van der Waals surface area contributed by atoms with Gasteiger partial charge in [-0.15, -0.1) is 0 Å². The molecule has 2 amide bonds. The second kappa shape index (κ2) is 6.07. The standard InChI is InChI=1S/C15H24N2O3S/c18-13(19)15-6-3-4-11(15)9-17(10-15)14(20)16-8-12-5-1-2-7-21-12/h11-12H,1-10H2,(H,16,20)(H,18,19)/t11-,12?,15+/m0/s1. The Hall–Kier alpha value is -0.910. The first kappa shape index (κ1) is 15.0. The van der Waals surface area contributed by atoms with Crippen molar-refractivity contribution < 1.29 is 14.7 Å². The highest BCUT2D eigenvalue weighted by Crippen LogP contribution is 2.48. The van der Waals surface area contributed by atoms with Gasteiger partial charge >= 0.3 is 12.0 Å². The molecular weight excluding hydrogens is 288 g/mol. The highest BCUT2D eigenvalue weighted by molar-refractivity contribution is 7.99. The smallest absolute Gasteiger partial charge is 0.317 e. The Morgan fingerprint density at radius 1 is 1.29 bits per heavy atom. The van der Waals surface area contributed by atoms with Crippen LogP contribution < -0.4 is 5.32 Å². The third kappa shape index (κ3) is 2.87. The number of carbonyl (C=O) groups is 2. The van der Waals surface area contributed by atoms with Gasteiger partial charge in [-0.05, 0) is 37.4 Å². The van der Waals surface area contributed by atoms with Crippen LogP contribution in [0.3, 0.4) is 0 Å². The number of rotatable bonds is 3. The lowest BCUT2D eigenvalue weighted by Crippen LogP contribution is -2.43. The summed E-state index contributed by atoms with van der Waals surface area (Å²) in [5.41, 5.74) is -0.670. The van der Waals surface area contributed by atoms with Crippen molar-refractivity contribution in [3.63, 3.8) is 0 Å². The summed E-state index contributed by atoms with van der Waals surface area (Å²) < 4.78 is 0. The minimum absolute atomic E-state index is 0.0730. The zero-order valence-electron chi connectivity index (χ0n) is 12.3. The van der Waals surface area contributed by atoms with E-state index in [0.717, 1.165) is 19.3 Å². The number of amides is 2. The quantitative estimate of drug-likeness (QED) is 0.838. The van der Waals surface area contributed by atoms with E-state index in [1.807, 2.05) is 11.8 Å². The maximum Gasteiger partial charge on any atom is 0.317 e. The number of fused-ring (bicyclic) bond motifs is 1. The summed E-state index contributed by atoms with van der Waals surface area (Å²) in [5.74, 6) is 0.613. The first-order valence-electron chi connectivity index (χ1n) is 7.99. The molecule has 0 bridgehead atoms. The fraction of sp³-hybridized carbons (Fsp3) is 0.867. The summed E-state index contributed by atoms with van der Waals surface area (Å²) >= 11 is 1.94. The first-order valence-corrected chi connectivity index (χ1v) is 9.04. The molecule has 5 nitrogen and oxygen atoms in total. The largest absolute Gasteiger partial charge is 0.481 e. The normalized spacial score (nSPS) is 35.5. The monoisotopic (exact) mass is 312 g/mol. The van der Waals surface area contributed by atoms with E-state index in [0.29, 0.717) is 24.9 Å². The van der Waals surface area contributed by atoms with E-state index in [-0.39, 0.29) is 11.9 Å². The highest BCUT2D eigenvalue weighted by atomic mass is 32.2. The Morgan fingerprint density at radius 3 is 2.81 bits per heavy atom. The van der Waals surface area contributed by atoms with Crippen LogP contribution in [0.5, 0.6) is 0 Å². The van der Waals surface area contributed by atoms with Crippen LogP contribution in [0.4, 0.5) is 4.79 Å². The van der Waals surface area contributed by atoms with Gasteiger partial charge < -0.3 is 15.3 Å². The molecule has 6 heteroatoms. The highest BCUT2D eigenvalue weighted by Gasteiger charge is 2.55. The van der Waals surface area contributed by atoms with Crippen molar-refractivity contribution in [3.8, 4) is 0 Å². The minimum atomic E-state index is -0.719. The lowest BCUT2D eigenvalue weighted by Gasteiger charge is -2.25. The van der Waals surface area contributed by atoms with E-state index in [4.69, 9.17) is 0 Å². The summed E-state index contributed by atoms with van der Waals surface area (Å²) in [6.07, 6.45) is 6.34. The molecule has 3 aliphatic rings. The van der Waals surface area contributed by atoms with E-state index in [1.165, 1.54) is 25.0 Å². The number of nitrogens with one attached hydrogen (secondary N) is 1. The number of carbonyl (C=O) groups excluding carboxylic acids is 1. The molecule has 2 saturated heterocycles. The van der Waals surface area contributed by atoms with E-state index in [1.54, 1.807) is 4.90 Å². The third-order valence-corrected chi connectivity index (χ3v) is 6.74. The van der Waals surface area contributed by atoms with Crippen LogP contribution in [0.2, 0.25) is 0 Å². The Kier molecular flexibility index (Phi) is 4.33. The molecular formula is C15H24N2O3S. The minimum Gasteiger partial charge on any atom is -0.481 e. The lowest BCUT2D eigenvalue weighted by molar-refractivity contribution is -0.149. The Morgan fingerprint density at radius 2 is 2.14 bits per heavy atom. The zero-order valence-corrected chi connectivity index (χ0v) is 13.2. The molecule has 2 heterocycles. The van der Waals surface area contributed by atoms with Crippen molar-refractivity contribution in [2.45, 2.75) is 43.8 Å². The van der Waals surface area contributed by atoms with Gasteiger partial charge in [0, 0.05) is 24.9 Å². The second-order valence-electron chi connectivity index (χ2n) is 6.61. The predicted octanol–water partition coefficient (Wildman–Crippen LogP) is 2.17. The SMILES string of the molecule is O=C(NCC1CCCCS1)N1C[C@@H]2CCC[C@@]2(C(=O)O)C1. The number of carboxylic acids is 1. The molecule has 3 fully saturated rings. The van der Waals surface area contributed by atoms with Crippen LogP contribution in [0.25, 0.3) is 0 Å². The average Bonchev–Trinajstić information content (AvgIpc) is 3.03. The fourth-order valence-corrected chi connectivity index (χ4v) is 5.31. The van der Waals surface area contributed by atoms with Gasteiger partial charge in [0.25, 0.3) is 0 Å². The number of aliphatic carboxylic acids is 1. The summed E-state index contributed by atoms with van der Waals surface area (Å²) in [6, 6.07) is -0.0730. The molecule has 2 N–H and O–H groups in total. The Labute approximate surface area is 129 Å². The molecule has 0 aromatic carbocycles. The summed E-state index contributed by atoms with van der Waals surface area (Å²) in [5, 5.41) is 13.1. The van der Waals surface area contributed by atoms with Crippen LogP contribution in [0, 0.1) is 11.3 Å². The Balaban J connectivity index is 1.53. The van der Waals surface area contributed by atoms with Crippen molar-refractivity contribution >= 4 is 23.8 Å². The molecule has 1 aliphatic carbocycles. The molecule has 0 radical (unpaired) electrons. The number of likely N-dealkylation sites (tertiary alicyclic amines) is 1. The molecule has 2 aliphatic heterocycles. The number of urea groups is 1. The zero-order chi connectivity index (χ0) is 14.9. The number of nitrogens with zero attached hydrogens (tertiary/aromatic N) is 1. The van der Waals surface area contributed by atoms with Crippen molar-refractivity contribution in [1.29, 1.82) is 0 Å². The molecule has 1 unspecified atom stereocenters. The first-order chi connectivity index (χ1) is 10.1. The molecule has 0 aromatic rings. The van der Waals surface area contributed by atoms with Crippen molar-refractivity contribution in [3.05, 3.63) is 0 Å². The number of hydrogen-bond acceptors (Lipinski definition) is 3. The van der Waals surface area contributed by atoms with Gasteiger partial charge in [0.2, 0.25) is 0 Å². The van der Waals surface area contributed by atoms with E-state index < -0.39 is 11.4 Å². The maximum atomic E-state index is 12.3. The van der Waals surface area contributed by atoms with E-state index >= 15 is 0 Å². The van der Waals surface area contributed by atoms with Crippen molar-refractivity contribution in [2.75, 3.05) is 25.4 Å². The van der Waals surface area contributed by atoms with Gasteiger partial charge in [0.1, 0.15) is 0 Å². The molecule has 118 valence electrons. The van der Waals surface area contributed by atoms with Gasteiger partial charge in [0.15, 0.2) is 0 Å². The average molecular weight is 312 g/mol. The third-order valence-electron chi connectivity index (χ3n) is 5.34. The maximum absolute atomic E-state index is 12.3. The van der Waals surface area contributed by atoms with Crippen LogP contribution in [-0.2, 0) is 4.79 Å². The van der Waals surface area contributed by atoms with Crippen LogP contribution in [-0.4, -0.2) is 52.6 Å². The summed E-state index contributed by atoms with van der Waals surface area (Å²) in [6.45, 7) is 1.71. The van der Waals surface area contributed by atoms with Crippen molar-refractivity contribution in [2.24, 2.45) is 11.3 Å². The molecule has 0 aromatic heterocycles. The van der Waals surface area contributed by atoms with Crippen molar-refractivity contribution in [1.82, 2.24) is 10.2 Å². The van der Waals surface area contributed by atoms with Crippen LogP contribution >= 0.6 is 11.8 Å². The van der Waals surface area contributed by atoms with Gasteiger partial charge in [-0.2, -0.15) is 11.8 Å². The molecule has 21 heavy (non-hydrogen) atoms. The number of hydrogen-bond donors (Lipinski definition) is 2. The topological polar surface area (TPSA) is 69.6 Å². The van der Waals surface area contributed by atoms with E-state index in [9.17, 15) is 14.7 Å². The van der Waals surface area contributed by atoms with Gasteiger partial charge in [-0.25, -0.2) is 4.79 Å². The summed E-state index contributed by atoms with van der Waals surface area (Å²) in [7, 11) is 0. The molecule has 1 saturated carbocycles. The summed E-state index contributed by atoms with van der Waals surface area (Å²) in [4.78, 5) is 25.6. The molecule has 3 atom stereocenters. The molecule has 3 rings (SSSR count).